The van der Waals surface area contributed by atoms with Gasteiger partial charge in [0.1, 0.15) is 0 Å². The molecule has 0 saturated carbocycles. The van der Waals surface area contributed by atoms with Gasteiger partial charge in [-0.05, 0) is 37.3 Å². The maximum Gasteiger partial charge on any atom is 0.276 e. The second-order valence-corrected chi connectivity index (χ2v) is 9.95. The van der Waals surface area contributed by atoms with E-state index in [9.17, 15) is 26.9 Å². The van der Waals surface area contributed by atoms with Crippen LogP contribution in [0.1, 0.15) is 11.1 Å². The quantitative estimate of drug-likeness (QED) is 0.291. The van der Waals surface area contributed by atoms with E-state index in [1.807, 2.05) is 11.8 Å². The van der Waals surface area contributed by atoms with Crippen LogP contribution >= 0.6 is 0 Å². The van der Waals surface area contributed by atoms with Crippen molar-refractivity contribution in [1.29, 1.82) is 0 Å². The average molecular weight is 475 g/mol. The summed E-state index contributed by atoms with van der Waals surface area (Å²) in [6.45, 7) is 1.84. The van der Waals surface area contributed by atoms with Gasteiger partial charge >= 0.3 is 0 Å². The Balaban J connectivity index is 1.78. The fraction of sp³-hybridized carbons (Fsp3) is 0.0500. The number of nitro benzene ring substituents is 1. The highest BCUT2D eigenvalue weighted by atomic mass is 32.2. The fourth-order valence-corrected chi connectivity index (χ4v) is 4.47. The minimum absolute atomic E-state index is 0.0775. The van der Waals surface area contributed by atoms with E-state index < -0.39 is 25.0 Å². The van der Waals surface area contributed by atoms with Crippen LogP contribution in [0, 0.1) is 17.0 Å². The molecule has 0 aliphatic heterocycles. The molecular weight excluding hydrogens is 456 g/mol. The molecule has 0 saturated heterocycles. The van der Waals surface area contributed by atoms with Crippen LogP contribution in [0.5, 0.6) is 0 Å². The standard InChI is InChI=1S/C20H18N4O6S2/c1-15-6-10-18(11-7-15)31(27,28)22-20-5-3-2-4-16(20)14-21-23-32(29,30)19-12-8-17(9-13-19)24(25)26/h2-14,22-23H,1H3. The lowest BCUT2D eigenvalue weighted by molar-refractivity contribution is -0.384. The summed E-state index contributed by atoms with van der Waals surface area (Å²) in [5.41, 5.74) is 1.18. The summed E-state index contributed by atoms with van der Waals surface area (Å²) in [7, 11) is -7.94. The molecule has 166 valence electrons. The molecule has 0 bridgehead atoms. The molecule has 0 heterocycles. The van der Waals surface area contributed by atoms with Gasteiger partial charge in [0.15, 0.2) is 0 Å². The van der Waals surface area contributed by atoms with Crippen molar-refractivity contribution in [2.75, 3.05) is 4.72 Å². The molecule has 0 aromatic heterocycles. The Labute approximate surface area is 184 Å². The van der Waals surface area contributed by atoms with E-state index in [2.05, 4.69) is 9.82 Å². The summed E-state index contributed by atoms with van der Waals surface area (Å²) in [5.74, 6) is 0. The number of nitro groups is 1. The van der Waals surface area contributed by atoms with Gasteiger partial charge in [0, 0.05) is 17.7 Å². The molecule has 0 atom stereocenters. The number of aryl methyl sites for hydroxylation is 1. The Hall–Kier alpha value is -3.77. The van der Waals surface area contributed by atoms with Gasteiger partial charge in [-0.25, -0.2) is 13.2 Å². The van der Waals surface area contributed by atoms with Gasteiger partial charge in [-0.15, -0.1) is 0 Å². The Morgan fingerprint density at radius 2 is 1.41 bits per heavy atom. The number of hydrogen-bond donors (Lipinski definition) is 2. The lowest BCUT2D eigenvalue weighted by atomic mass is 10.2. The predicted molar refractivity (Wildman–Crippen MR) is 119 cm³/mol. The van der Waals surface area contributed by atoms with E-state index in [4.69, 9.17) is 0 Å². The van der Waals surface area contributed by atoms with Crippen molar-refractivity contribution in [2.45, 2.75) is 16.7 Å². The molecule has 12 heteroatoms. The molecule has 3 rings (SSSR count). The fourth-order valence-electron chi connectivity index (χ4n) is 2.59. The highest BCUT2D eigenvalue weighted by molar-refractivity contribution is 7.92. The van der Waals surface area contributed by atoms with Crippen molar-refractivity contribution in [3.8, 4) is 0 Å². The van der Waals surface area contributed by atoms with Crippen molar-refractivity contribution in [2.24, 2.45) is 5.10 Å². The number of hydrazone groups is 1. The van der Waals surface area contributed by atoms with E-state index in [1.54, 1.807) is 30.3 Å². The lowest BCUT2D eigenvalue weighted by Crippen LogP contribution is -2.18. The number of sulfonamides is 2. The lowest BCUT2D eigenvalue weighted by Gasteiger charge is -2.11. The number of nitrogens with one attached hydrogen (secondary N) is 2. The summed E-state index contributed by atoms with van der Waals surface area (Å²) in [4.78, 5) is 11.9. The molecule has 0 amide bonds. The van der Waals surface area contributed by atoms with Gasteiger partial charge < -0.3 is 0 Å². The third-order valence-electron chi connectivity index (χ3n) is 4.27. The molecule has 0 radical (unpaired) electrons. The zero-order valence-electron chi connectivity index (χ0n) is 16.7. The van der Waals surface area contributed by atoms with Crippen LogP contribution in [0.3, 0.4) is 0 Å². The van der Waals surface area contributed by atoms with Gasteiger partial charge in [0.05, 0.1) is 26.6 Å². The number of rotatable bonds is 8. The third kappa shape index (κ3) is 5.47. The second-order valence-electron chi connectivity index (χ2n) is 6.61. The maximum atomic E-state index is 12.6. The summed E-state index contributed by atoms with van der Waals surface area (Å²) >= 11 is 0. The third-order valence-corrected chi connectivity index (χ3v) is 6.89. The minimum Gasteiger partial charge on any atom is -0.279 e. The summed E-state index contributed by atoms with van der Waals surface area (Å²) in [6, 6.07) is 16.9. The zero-order chi connectivity index (χ0) is 23.4. The SMILES string of the molecule is Cc1ccc(S(=O)(=O)Nc2ccccc2C=NNS(=O)(=O)c2ccc([N+](=O)[O-])cc2)cc1. The zero-order valence-corrected chi connectivity index (χ0v) is 18.3. The molecule has 0 aliphatic rings. The van der Waals surface area contributed by atoms with Crippen LogP contribution in [0.4, 0.5) is 11.4 Å². The van der Waals surface area contributed by atoms with Gasteiger partial charge in [0.2, 0.25) is 0 Å². The van der Waals surface area contributed by atoms with Crippen molar-refractivity contribution in [3.63, 3.8) is 0 Å². The number of benzene rings is 3. The molecule has 0 spiro atoms. The molecule has 3 aromatic rings. The number of non-ortho nitro benzene ring substituents is 1. The largest absolute Gasteiger partial charge is 0.279 e. The topological polar surface area (TPSA) is 148 Å². The Morgan fingerprint density at radius 1 is 0.844 bits per heavy atom. The Kier molecular flexibility index (Phi) is 6.55. The first-order chi connectivity index (χ1) is 15.1. The highest BCUT2D eigenvalue weighted by Crippen LogP contribution is 2.20. The van der Waals surface area contributed by atoms with Crippen LogP contribution in [-0.4, -0.2) is 28.0 Å². The van der Waals surface area contributed by atoms with Crippen LogP contribution < -0.4 is 9.55 Å². The number of anilines is 1. The molecule has 2 N–H and O–H groups in total. The smallest absolute Gasteiger partial charge is 0.276 e. The van der Waals surface area contributed by atoms with Crippen LogP contribution in [0.2, 0.25) is 0 Å². The van der Waals surface area contributed by atoms with Crippen molar-refractivity contribution >= 4 is 37.6 Å². The predicted octanol–water partition coefficient (Wildman–Crippen LogP) is 3.02. The first-order valence-electron chi connectivity index (χ1n) is 9.06. The molecule has 0 aliphatic carbocycles. The first kappa shape index (κ1) is 22.9. The molecular formula is C20H18N4O6S2. The highest BCUT2D eigenvalue weighted by Gasteiger charge is 2.16. The van der Waals surface area contributed by atoms with Crippen LogP contribution in [-0.2, 0) is 20.0 Å². The Morgan fingerprint density at radius 3 is 2.03 bits per heavy atom. The van der Waals surface area contributed by atoms with E-state index in [0.717, 1.165) is 36.0 Å². The van der Waals surface area contributed by atoms with Gasteiger partial charge in [-0.2, -0.15) is 13.5 Å². The number of nitrogens with zero attached hydrogens (tertiary/aromatic N) is 2. The van der Waals surface area contributed by atoms with Crippen LogP contribution in [0.25, 0.3) is 0 Å². The Bertz CT molecular complexity index is 1370. The van der Waals surface area contributed by atoms with Crippen molar-refractivity contribution in [3.05, 3.63) is 94.0 Å². The number of para-hydroxylation sites is 1. The van der Waals surface area contributed by atoms with E-state index >= 15 is 0 Å². The minimum atomic E-state index is -4.08. The monoisotopic (exact) mass is 474 g/mol. The van der Waals surface area contributed by atoms with Crippen LogP contribution in [0.15, 0.2) is 87.7 Å². The average Bonchev–Trinajstić information content (AvgIpc) is 2.75. The van der Waals surface area contributed by atoms with E-state index in [1.165, 1.54) is 18.2 Å². The van der Waals surface area contributed by atoms with Crippen molar-refractivity contribution in [1.82, 2.24) is 4.83 Å². The molecule has 10 nitrogen and oxygen atoms in total. The summed E-state index contributed by atoms with van der Waals surface area (Å²) < 4.78 is 52.4. The second kappa shape index (κ2) is 9.16. The molecule has 3 aromatic carbocycles. The van der Waals surface area contributed by atoms with Gasteiger partial charge in [0.25, 0.3) is 25.7 Å². The van der Waals surface area contributed by atoms with Gasteiger partial charge in [-0.3, -0.25) is 14.8 Å². The number of hydrogen-bond acceptors (Lipinski definition) is 7. The summed E-state index contributed by atoms with van der Waals surface area (Å²) in [6.07, 6.45) is 1.15. The van der Waals surface area contributed by atoms with E-state index in [0.29, 0.717) is 5.56 Å². The maximum absolute atomic E-state index is 12.6. The van der Waals surface area contributed by atoms with Gasteiger partial charge in [-0.1, -0.05) is 35.9 Å². The molecule has 0 unspecified atom stereocenters. The summed E-state index contributed by atoms with van der Waals surface area (Å²) in [5, 5.41) is 14.4. The van der Waals surface area contributed by atoms with Crippen molar-refractivity contribution < 1.29 is 21.8 Å². The molecule has 0 fully saturated rings. The normalized spacial score (nSPS) is 11.9. The molecule has 32 heavy (non-hydrogen) atoms. The first-order valence-corrected chi connectivity index (χ1v) is 12.0. The van der Waals surface area contributed by atoms with E-state index in [-0.39, 0.29) is 21.2 Å².